The molecule has 1 aliphatic rings. The molecule has 1 fully saturated rings. The summed E-state index contributed by atoms with van der Waals surface area (Å²) in [6.45, 7) is 4.41. The lowest BCUT2D eigenvalue weighted by molar-refractivity contribution is -0.117. The molecule has 1 N–H and O–H groups in total. The van der Waals surface area contributed by atoms with Crippen LogP contribution in [-0.2, 0) is 9.59 Å². The van der Waals surface area contributed by atoms with E-state index in [9.17, 15) is 9.59 Å². The van der Waals surface area contributed by atoms with Crippen molar-refractivity contribution < 1.29 is 9.59 Å². The number of rotatable bonds is 5. The Morgan fingerprint density at radius 2 is 2.24 bits per heavy atom. The summed E-state index contributed by atoms with van der Waals surface area (Å²) in [5.74, 6) is -0.0535. The van der Waals surface area contributed by atoms with Gasteiger partial charge in [0.1, 0.15) is 5.01 Å². The van der Waals surface area contributed by atoms with Crippen molar-refractivity contribution in [1.82, 2.24) is 10.2 Å². The van der Waals surface area contributed by atoms with E-state index in [4.69, 9.17) is 11.6 Å². The number of carbonyl (C=O) groups excluding carboxylic acids is 2. The Balaban J connectivity index is 1.71. The summed E-state index contributed by atoms with van der Waals surface area (Å²) < 4.78 is 0. The maximum atomic E-state index is 12.4. The van der Waals surface area contributed by atoms with Crippen LogP contribution in [0.5, 0.6) is 0 Å². The number of benzene rings is 1. The van der Waals surface area contributed by atoms with Gasteiger partial charge in [-0.2, -0.15) is 0 Å². The van der Waals surface area contributed by atoms with Gasteiger partial charge >= 0.3 is 0 Å². The number of nitrogens with zero attached hydrogens (tertiary/aromatic N) is 3. The number of hydrogen-bond donors (Lipinski definition) is 1. The van der Waals surface area contributed by atoms with E-state index in [2.05, 4.69) is 15.5 Å². The summed E-state index contributed by atoms with van der Waals surface area (Å²) in [5.41, 5.74) is 1.77. The molecule has 0 bridgehead atoms. The second kappa shape index (κ2) is 7.49. The first-order valence-electron chi connectivity index (χ1n) is 8.17. The fraction of sp³-hybridized carbons (Fsp3) is 0.412. The first kappa shape index (κ1) is 17.8. The zero-order valence-electron chi connectivity index (χ0n) is 14.1. The van der Waals surface area contributed by atoms with Gasteiger partial charge in [-0.05, 0) is 31.0 Å². The van der Waals surface area contributed by atoms with Crippen LogP contribution >= 0.6 is 22.9 Å². The molecular formula is C17H19ClN4O2S. The van der Waals surface area contributed by atoms with Crippen LogP contribution in [0.15, 0.2) is 18.2 Å². The van der Waals surface area contributed by atoms with Gasteiger partial charge in [-0.1, -0.05) is 35.9 Å². The van der Waals surface area contributed by atoms with Crippen molar-refractivity contribution in [3.05, 3.63) is 33.8 Å². The molecule has 0 aliphatic carbocycles. The fourth-order valence-electron chi connectivity index (χ4n) is 2.73. The smallest absolute Gasteiger partial charge is 0.227 e. The molecule has 1 atom stereocenters. The number of nitrogens with one attached hydrogen (secondary N) is 1. The average Bonchev–Trinajstić information content (AvgIpc) is 3.17. The number of halogens is 1. The zero-order chi connectivity index (χ0) is 18.0. The van der Waals surface area contributed by atoms with Crippen LogP contribution in [0.25, 0.3) is 0 Å². The lowest BCUT2D eigenvalue weighted by Gasteiger charge is -2.17. The van der Waals surface area contributed by atoms with Crippen LogP contribution in [0.4, 0.5) is 10.8 Å². The van der Waals surface area contributed by atoms with Crippen molar-refractivity contribution in [2.75, 3.05) is 16.8 Å². The Bertz CT molecular complexity index is 808. The van der Waals surface area contributed by atoms with Crippen molar-refractivity contribution >= 4 is 45.6 Å². The van der Waals surface area contributed by atoms with Crippen LogP contribution in [-0.4, -0.2) is 28.6 Å². The standard InChI is InChI=1S/C17H19ClN4O2S/c1-3-4-14(23)19-17-21-20-16(25-17)11-7-15(24)22(9-11)12-6-5-10(2)13(18)8-12/h5-6,8,11H,3-4,7,9H2,1-2H3,(H,19,21,23)/t11-/m0/s1. The Morgan fingerprint density at radius 3 is 2.96 bits per heavy atom. The Morgan fingerprint density at radius 1 is 1.44 bits per heavy atom. The Labute approximate surface area is 155 Å². The number of aromatic nitrogens is 2. The maximum absolute atomic E-state index is 12.4. The van der Waals surface area contributed by atoms with Gasteiger partial charge in [-0.3, -0.25) is 9.59 Å². The molecule has 132 valence electrons. The minimum Gasteiger partial charge on any atom is -0.312 e. The molecule has 1 aliphatic heterocycles. The molecule has 2 amide bonds. The van der Waals surface area contributed by atoms with Crippen LogP contribution in [0.2, 0.25) is 5.02 Å². The molecule has 0 radical (unpaired) electrons. The van der Waals surface area contributed by atoms with E-state index in [0.29, 0.717) is 29.5 Å². The minimum absolute atomic E-state index is 0.0260. The van der Waals surface area contributed by atoms with Gasteiger partial charge in [0, 0.05) is 36.0 Å². The van der Waals surface area contributed by atoms with Gasteiger partial charge < -0.3 is 10.2 Å². The Kier molecular flexibility index (Phi) is 5.34. The summed E-state index contributed by atoms with van der Waals surface area (Å²) >= 11 is 7.50. The fourth-order valence-corrected chi connectivity index (χ4v) is 3.76. The second-order valence-corrected chi connectivity index (χ2v) is 7.50. The van der Waals surface area contributed by atoms with Gasteiger partial charge in [0.2, 0.25) is 16.9 Å². The molecule has 25 heavy (non-hydrogen) atoms. The lowest BCUT2D eigenvalue weighted by atomic mass is 10.1. The highest BCUT2D eigenvalue weighted by Crippen LogP contribution is 2.35. The lowest BCUT2D eigenvalue weighted by Crippen LogP contribution is -2.24. The van der Waals surface area contributed by atoms with Crippen molar-refractivity contribution in [3.63, 3.8) is 0 Å². The number of amides is 2. The number of carbonyl (C=O) groups is 2. The molecule has 8 heteroatoms. The van der Waals surface area contributed by atoms with E-state index in [1.165, 1.54) is 11.3 Å². The molecule has 1 aromatic carbocycles. The summed E-state index contributed by atoms with van der Waals surface area (Å²) in [7, 11) is 0. The summed E-state index contributed by atoms with van der Waals surface area (Å²) in [6.07, 6.45) is 1.62. The van der Waals surface area contributed by atoms with E-state index in [-0.39, 0.29) is 17.7 Å². The third-order valence-electron chi connectivity index (χ3n) is 4.11. The van der Waals surface area contributed by atoms with Gasteiger partial charge in [-0.15, -0.1) is 10.2 Å². The summed E-state index contributed by atoms with van der Waals surface area (Å²) in [4.78, 5) is 25.8. The first-order chi connectivity index (χ1) is 12.0. The van der Waals surface area contributed by atoms with Crippen molar-refractivity contribution in [3.8, 4) is 0 Å². The van der Waals surface area contributed by atoms with Gasteiger partial charge in [0.15, 0.2) is 0 Å². The second-order valence-electron chi connectivity index (χ2n) is 6.08. The highest BCUT2D eigenvalue weighted by Gasteiger charge is 2.34. The molecule has 0 saturated carbocycles. The van der Waals surface area contributed by atoms with Crippen LogP contribution in [0.3, 0.4) is 0 Å². The number of hydrogen-bond acceptors (Lipinski definition) is 5. The quantitative estimate of drug-likeness (QED) is 0.859. The van der Waals surface area contributed by atoms with Gasteiger partial charge in [0.05, 0.1) is 0 Å². The number of aryl methyl sites for hydroxylation is 1. The SMILES string of the molecule is CCCC(=O)Nc1nnc([C@H]2CC(=O)N(c3ccc(C)c(Cl)c3)C2)s1. The monoisotopic (exact) mass is 378 g/mol. The van der Waals surface area contributed by atoms with E-state index in [0.717, 1.165) is 22.7 Å². The normalized spacial score (nSPS) is 17.2. The molecule has 0 spiro atoms. The molecule has 1 saturated heterocycles. The van der Waals surface area contributed by atoms with Gasteiger partial charge in [-0.25, -0.2) is 0 Å². The van der Waals surface area contributed by atoms with E-state index in [1.807, 2.05) is 32.0 Å². The summed E-state index contributed by atoms with van der Waals surface area (Å²) in [5, 5.41) is 12.8. The zero-order valence-corrected chi connectivity index (χ0v) is 15.7. The van der Waals surface area contributed by atoms with Crippen molar-refractivity contribution in [2.45, 2.75) is 39.0 Å². The number of anilines is 2. The third kappa shape index (κ3) is 3.99. The van der Waals surface area contributed by atoms with Crippen LogP contribution < -0.4 is 10.2 Å². The molecule has 2 aromatic rings. The third-order valence-corrected chi connectivity index (χ3v) is 5.51. The summed E-state index contributed by atoms with van der Waals surface area (Å²) in [6, 6.07) is 5.62. The van der Waals surface area contributed by atoms with Crippen molar-refractivity contribution in [2.24, 2.45) is 0 Å². The average molecular weight is 379 g/mol. The van der Waals surface area contributed by atoms with Gasteiger partial charge in [0.25, 0.3) is 0 Å². The molecule has 3 rings (SSSR count). The predicted molar refractivity (Wildman–Crippen MR) is 99.3 cm³/mol. The molecule has 6 nitrogen and oxygen atoms in total. The van der Waals surface area contributed by atoms with E-state index < -0.39 is 0 Å². The van der Waals surface area contributed by atoms with E-state index >= 15 is 0 Å². The maximum Gasteiger partial charge on any atom is 0.227 e. The Hall–Kier alpha value is -1.99. The topological polar surface area (TPSA) is 75.2 Å². The molecular weight excluding hydrogens is 360 g/mol. The first-order valence-corrected chi connectivity index (χ1v) is 9.37. The van der Waals surface area contributed by atoms with Crippen LogP contribution in [0.1, 0.15) is 42.7 Å². The largest absolute Gasteiger partial charge is 0.312 e. The molecule has 1 aromatic heterocycles. The highest BCUT2D eigenvalue weighted by atomic mass is 35.5. The van der Waals surface area contributed by atoms with Crippen LogP contribution in [0, 0.1) is 6.92 Å². The molecule has 2 heterocycles. The minimum atomic E-state index is -0.0661. The predicted octanol–water partition coefficient (Wildman–Crippen LogP) is 3.76. The highest BCUT2D eigenvalue weighted by molar-refractivity contribution is 7.15. The molecule has 0 unspecified atom stereocenters. The van der Waals surface area contributed by atoms with Crippen molar-refractivity contribution in [1.29, 1.82) is 0 Å². The van der Waals surface area contributed by atoms with E-state index in [1.54, 1.807) is 4.90 Å².